The molecular formula is C16H26N4. The number of hydrogen-bond acceptors (Lipinski definition) is 3. The number of nitrogens with zero attached hydrogens (tertiary/aromatic N) is 3. The summed E-state index contributed by atoms with van der Waals surface area (Å²) in [6.07, 6.45) is 9.87. The SMILES string of the molecule is Cc1nc(C(N)CC23CC4CC(CC(C4)C2)C3)n(C)n1. The van der Waals surface area contributed by atoms with Crippen LogP contribution in [0.4, 0.5) is 0 Å². The molecule has 4 aliphatic carbocycles. The second kappa shape index (κ2) is 4.30. The van der Waals surface area contributed by atoms with E-state index >= 15 is 0 Å². The van der Waals surface area contributed by atoms with Gasteiger partial charge in [0.1, 0.15) is 11.6 Å². The second-order valence-corrected chi connectivity index (χ2v) is 7.87. The molecule has 4 heteroatoms. The molecule has 5 rings (SSSR count). The fourth-order valence-corrected chi connectivity index (χ4v) is 5.95. The van der Waals surface area contributed by atoms with Crippen molar-refractivity contribution >= 4 is 0 Å². The first-order valence-corrected chi connectivity index (χ1v) is 8.16. The topological polar surface area (TPSA) is 56.7 Å². The largest absolute Gasteiger partial charge is 0.321 e. The molecule has 1 unspecified atom stereocenters. The van der Waals surface area contributed by atoms with E-state index in [1.165, 1.54) is 38.5 Å². The highest BCUT2D eigenvalue weighted by Crippen LogP contribution is 2.62. The smallest absolute Gasteiger partial charge is 0.147 e. The van der Waals surface area contributed by atoms with Crippen LogP contribution < -0.4 is 5.73 Å². The van der Waals surface area contributed by atoms with Gasteiger partial charge in [-0.2, -0.15) is 5.10 Å². The number of aryl methyl sites for hydroxylation is 2. The summed E-state index contributed by atoms with van der Waals surface area (Å²) in [5.41, 5.74) is 7.03. The average Bonchev–Trinajstić information content (AvgIpc) is 2.66. The van der Waals surface area contributed by atoms with Gasteiger partial charge in [-0.1, -0.05) is 0 Å². The first-order chi connectivity index (χ1) is 9.53. The second-order valence-electron chi connectivity index (χ2n) is 7.87. The lowest BCUT2D eigenvalue weighted by Crippen LogP contribution is -2.47. The van der Waals surface area contributed by atoms with E-state index in [0.29, 0.717) is 5.41 Å². The fourth-order valence-electron chi connectivity index (χ4n) is 5.95. The molecule has 1 atom stereocenters. The third kappa shape index (κ3) is 2.00. The first-order valence-electron chi connectivity index (χ1n) is 8.16. The van der Waals surface area contributed by atoms with Gasteiger partial charge in [0.05, 0.1) is 6.04 Å². The molecule has 0 radical (unpaired) electrons. The first kappa shape index (κ1) is 12.8. The van der Waals surface area contributed by atoms with Crippen LogP contribution in [0, 0.1) is 30.1 Å². The predicted octanol–water partition coefficient (Wildman–Crippen LogP) is 2.73. The van der Waals surface area contributed by atoms with Crippen molar-refractivity contribution in [1.29, 1.82) is 0 Å². The number of hydrogen-bond donors (Lipinski definition) is 1. The van der Waals surface area contributed by atoms with E-state index in [4.69, 9.17) is 5.73 Å². The quantitative estimate of drug-likeness (QED) is 0.922. The van der Waals surface area contributed by atoms with Gasteiger partial charge in [0.15, 0.2) is 0 Å². The summed E-state index contributed by atoms with van der Waals surface area (Å²) in [4.78, 5) is 4.54. The zero-order valence-electron chi connectivity index (χ0n) is 12.7. The monoisotopic (exact) mass is 274 g/mol. The maximum absolute atomic E-state index is 6.51. The Balaban J connectivity index is 1.55. The molecule has 0 aromatic carbocycles. The molecule has 0 amide bonds. The Hall–Kier alpha value is -0.900. The molecule has 20 heavy (non-hydrogen) atoms. The molecular weight excluding hydrogens is 248 g/mol. The van der Waals surface area contributed by atoms with E-state index in [0.717, 1.165) is 35.8 Å². The molecule has 4 nitrogen and oxygen atoms in total. The fraction of sp³-hybridized carbons (Fsp3) is 0.875. The Morgan fingerprint density at radius 3 is 2.20 bits per heavy atom. The minimum Gasteiger partial charge on any atom is -0.321 e. The van der Waals surface area contributed by atoms with Crippen molar-refractivity contribution in [3.8, 4) is 0 Å². The van der Waals surface area contributed by atoms with E-state index in [2.05, 4.69) is 10.1 Å². The van der Waals surface area contributed by atoms with Gasteiger partial charge in [0.25, 0.3) is 0 Å². The minimum atomic E-state index is 0.0532. The standard InChI is InChI=1S/C16H26N4/c1-10-18-15(20(2)19-10)14(17)9-16-6-11-3-12(7-16)5-13(4-11)8-16/h11-14H,3-9,17H2,1-2H3. The van der Waals surface area contributed by atoms with Crippen LogP contribution in [0.15, 0.2) is 0 Å². The van der Waals surface area contributed by atoms with Crippen molar-refractivity contribution < 1.29 is 0 Å². The zero-order chi connectivity index (χ0) is 13.9. The summed E-state index contributed by atoms with van der Waals surface area (Å²) in [5.74, 6) is 4.79. The Kier molecular flexibility index (Phi) is 2.75. The van der Waals surface area contributed by atoms with Crippen LogP contribution in [-0.2, 0) is 7.05 Å². The normalized spacial score (nSPS) is 40.2. The van der Waals surface area contributed by atoms with E-state index in [1.807, 2.05) is 18.7 Å². The average molecular weight is 274 g/mol. The molecule has 0 aliphatic heterocycles. The van der Waals surface area contributed by atoms with Gasteiger partial charge >= 0.3 is 0 Å². The molecule has 1 heterocycles. The maximum atomic E-state index is 6.51. The molecule has 0 spiro atoms. The van der Waals surface area contributed by atoms with Crippen molar-refractivity contribution in [3.63, 3.8) is 0 Å². The Labute approximate surface area is 121 Å². The number of aromatic nitrogens is 3. The number of nitrogens with two attached hydrogens (primary N) is 1. The molecule has 4 aliphatic rings. The molecule has 4 bridgehead atoms. The zero-order valence-corrected chi connectivity index (χ0v) is 12.7. The lowest BCUT2D eigenvalue weighted by atomic mass is 9.48. The summed E-state index contributed by atoms with van der Waals surface area (Å²) in [5, 5.41) is 4.35. The van der Waals surface area contributed by atoms with Gasteiger partial charge in [0.2, 0.25) is 0 Å². The summed E-state index contributed by atoms with van der Waals surface area (Å²) in [7, 11) is 1.97. The lowest BCUT2D eigenvalue weighted by Gasteiger charge is -2.57. The highest BCUT2D eigenvalue weighted by Gasteiger charge is 2.51. The molecule has 2 N–H and O–H groups in total. The van der Waals surface area contributed by atoms with Gasteiger partial charge in [-0.15, -0.1) is 0 Å². The van der Waals surface area contributed by atoms with Crippen LogP contribution in [0.2, 0.25) is 0 Å². The van der Waals surface area contributed by atoms with Crippen molar-refractivity contribution in [2.24, 2.45) is 36.0 Å². The summed E-state index contributed by atoms with van der Waals surface area (Å²) < 4.78 is 1.88. The highest BCUT2D eigenvalue weighted by molar-refractivity contribution is 5.05. The van der Waals surface area contributed by atoms with E-state index in [9.17, 15) is 0 Å². The molecule has 4 saturated carbocycles. The van der Waals surface area contributed by atoms with Crippen molar-refractivity contribution in [2.45, 2.75) is 57.9 Å². The Bertz CT molecular complexity index is 483. The van der Waals surface area contributed by atoms with E-state index in [1.54, 1.807) is 0 Å². The third-order valence-corrected chi connectivity index (χ3v) is 6.05. The lowest BCUT2D eigenvalue weighted by molar-refractivity contribution is -0.0609. The van der Waals surface area contributed by atoms with Gasteiger partial charge in [-0.05, 0) is 75.0 Å². The van der Waals surface area contributed by atoms with Crippen LogP contribution in [0.25, 0.3) is 0 Å². The number of rotatable bonds is 3. The predicted molar refractivity (Wildman–Crippen MR) is 77.9 cm³/mol. The van der Waals surface area contributed by atoms with Crippen LogP contribution in [0.3, 0.4) is 0 Å². The molecule has 0 saturated heterocycles. The van der Waals surface area contributed by atoms with Crippen LogP contribution in [-0.4, -0.2) is 14.8 Å². The summed E-state index contributed by atoms with van der Waals surface area (Å²) >= 11 is 0. The third-order valence-electron chi connectivity index (χ3n) is 6.05. The van der Waals surface area contributed by atoms with Crippen LogP contribution >= 0.6 is 0 Å². The molecule has 4 fully saturated rings. The highest BCUT2D eigenvalue weighted by atomic mass is 15.3. The Morgan fingerprint density at radius 2 is 1.75 bits per heavy atom. The minimum absolute atomic E-state index is 0.0532. The van der Waals surface area contributed by atoms with Crippen molar-refractivity contribution in [3.05, 3.63) is 11.6 Å². The summed E-state index contributed by atoms with van der Waals surface area (Å²) in [6.45, 7) is 1.95. The van der Waals surface area contributed by atoms with Gasteiger partial charge in [0, 0.05) is 7.05 Å². The van der Waals surface area contributed by atoms with Gasteiger partial charge in [-0.3, -0.25) is 4.68 Å². The summed E-state index contributed by atoms with van der Waals surface area (Å²) in [6, 6.07) is 0.0532. The van der Waals surface area contributed by atoms with Gasteiger partial charge in [-0.25, -0.2) is 4.98 Å². The molecule has 110 valence electrons. The van der Waals surface area contributed by atoms with Gasteiger partial charge < -0.3 is 5.73 Å². The Morgan fingerprint density at radius 1 is 1.20 bits per heavy atom. The van der Waals surface area contributed by atoms with Crippen LogP contribution in [0.5, 0.6) is 0 Å². The van der Waals surface area contributed by atoms with E-state index in [-0.39, 0.29) is 6.04 Å². The van der Waals surface area contributed by atoms with Crippen LogP contribution in [0.1, 0.15) is 62.6 Å². The maximum Gasteiger partial charge on any atom is 0.147 e. The van der Waals surface area contributed by atoms with Crippen molar-refractivity contribution in [2.75, 3.05) is 0 Å². The van der Waals surface area contributed by atoms with E-state index < -0.39 is 0 Å². The molecule has 1 aromatic rings. The van der Waals surface area contributed by atoms with Crippen molar-refractivity contribution in [1.82, 2.24) is 14.8 Å². The molecule has 1 aromatic heterocycles.